The fourth-order valence-electron chi connectivity index (χ4n) is 4.20. The van der Waals surface area contributed by atoms with E-state index in [1.165, 1.54) is 0 Å². The van der Waals surface area contributed by atoms with Crippen LogP contribution < -0.4 is 10.2 Å². The van der Waals surface area contributed by atoms with Crippen LogP contribution in [0.4, 0.5) is 16.2 Å². The van der Waals surface area contributed by atoms with Crippen molar-refractivity contribution in [1.82, 2.24) is 9.80 Å². The van der Waals surface area contributed by atoms with Crippen LogP contribution >= 0.6 is 0 Å². The molecule has 0 saturated carbocycles. The monoisotopic (exact) mass is 356 g/mol. The zero-order chi connectivity index (χ0) is 18.3. The molecule has 2 bridgehead atoms. The van der Waals surface area contributed by atoms with Crippen LogP contribution in [-0.2, 0) is 9.59 Å². The minimum absolute atomic E-state index is 0.0977. The highest BCUT2D eigenvalue weighted by Gasteiger charge is 2.40. The van der Waals surface area contributed by atoms with E-state index >= 15 is 0 Å². The van der Waals surface area contributed by atoms with E-state index in [2.05, 4.69) is 5.32 Å². The Hall–Kier alpha value is -2.57. The Morgan fingerprint density at radius 2 is 2.04 bits per heavy atom. The first kappa shape index (κ1) is 16.9. The molecule has 1 aromatic rings. The third kappa shape index (κ3) is 3.02. The number of hydrogen-bond acceptors (Lipinski definition) is 3. The molecule has 7 heteroatoms. The van der Waals surface area contributed by atoms with Crippen molar-refractivity contribution in [2.75, 3.05) is 36.9 Å². The molecule has 4 fully saturated rings. The third-order valence-electron chi connectivity index (χ3n) is 5.73. The Kier molecular flexibility index (Phi) is 4.30. The van der Waals surface area contributed by atoms with Crippen molar-refractivity contribution in [2.24, 2.45) is 5.92 Å². The summed E-state index contributed by atoms with van der Waals surface area (Å²) in [6.45, 7) is 1.75. The molecule has 4 saturated heterocycles. The molecule has 7 nitrogen and oxygen atoms in total. The predicted molar refractivity (Wildman–Crippen MR) is 97.9 cm³/mol. The van der Waals surface area contributed by atoms with E-state index in [0.29, 0.717) is 25.2 Å². The SMILES string of the molecule is CN1C(=O)[C@@H]2CC[C@H]1CN(C(=O)Nc1cccc(N3CCCC3=O)c1)C2. The first-order chi connectivity index (χ1) is 12.5. The molecule has 2 atom stereocenters. The van der Waals surface area contributed by atoms with Gasteiger partial charge in [-0.25, -0.2) is 4.79 Å². The van der Waals surface area contributed by atoms with Crippen LogP contribution in [0.5, 0.6) is 0 Å². The van der Waals surface area contributed by atoms with Crippen LogP contribution in [0, 0.1) is 5.92 Å². The van der Waals surface area contributed by atoms with Gasteiger partial charge in [0.05, 0.1) is 5.92 Å². The Bertz CT molecular complexity index is 750. The number of fused-ring (bicyclic) bond motifs is 4. The Labute approximate surface area is 152 Å². The van der Waals surface area contributed by atoms with Crippen molar-refractivity contribution < 1.29 is 14.4 Å². The van der Waals surface area contributed by atoms with E-state index in [1.54, 1.807) is 14.7 Å². The van der Waals surface area contributed by atoms with Gasteiger partial charge in [0.2, 0.25) is 11.8 Å². The van der Waals surface area contributed by atoms with E-state index in [1.807, 2.05) is 31.3 Å². The number of hydrogen-bond donors (Lipinski definition) is 1. The molecule has 0 aromatic heterocycles. The van der Waals surface area contributed by atoms with Gasteiger partial charge >= 0.3 is 6.03 Å². The molecule has 0 unspecified atom stereocenters. The van der Waals surface area contributed by atoms with Gasteiger partial charge in [-0.3, -0.25) is 9.59 Å². The zero-order valence-corrected chi connectivity index (χ0v) is 15.0. The predicted octanol–water partition coefficient (Wildman–Crippen LogP) is 1.90. The van der Waals surface area contributed by atoms with Crippen LogP contribution in [0.1, 0.15) is 25.7 Å². The number of piperidine rings is 1. The lowest BCUT2D eigenvalue weighted by molar-refractivity contribution is -0.138. The van der Waals surface area contributed by atoms with Crippen molar-refractivity contribution in [3.8, 4) is 0 Å². The van der Waals surface area contributed by atoms with Gasteiger partial charge < -0.3 is 20.0 Å². The summed E-state index contributed by atoms with van der Waals surface area (Å²) >= 11 is 0. The average molecular weight is 356 g/mol. The van der Waals surface area contributed by atoms with Gasteiger partial charge in [-0.05, 0) is 37.5 Å². The maximum atomic E-state index is 12.8. The molecule has 138 valence electrons. The topological polar surface area (TPSA) is 73.0 Å². The second kappa shape index (κ2) is 6.63. The summed E-state index contributed by atoms with van der Waals surface area (Å²) in [6, 6.07) is 7.31. The van der Waals surface area contributed by atoms with Gasteiger partial charge in [0.1, 0.15) is 0 Å². The Balaban J connectivity index is 1.47. The van der Waals surface area contributed by atoms with Crippen molar-refractivity contribution in [3.05, 3.63) is 24.3 Å². The van der Waals surface area contributed by atoms with Gasteiger partial charge in [-0.2, -0.15) is 0 Å². The molecular formula is C19H24N4O3. The van der Waals surface area contributed by atoms with Crippen LogP contribution in [0.2, 0.25) is 0 Å². The quantitative estimate of drug-likeness (QED) is 0.880. The van der Waals surface area contributed by atoms with Crippen LogP contribution in [0.3, 0.4) is 0 Å². The number of nitrogens with one attached hydrogen (secondary N) is 1. The van der Waals surface area contributed by atoms with Crippen molar-refractivity contribution in [1.29, 1.82) is 0 Å². The van der Waals surface area contributed by atoms with E-state index in [9.17, 15) is 14.4 Å². The van der Waals surface area contributed by atoms with Crippen molar-refractivity contribution >= 4 is 29.2 Å². The Morgan fingerprint density at radius 3 is 2.81 bits per heavy atom. The number of benzene rings is 1. The first-order valence-corrected chi connectivity index (χ1v) is 9.26. The number of likely N-dealkylation sites (N-methyl/N-ethyl adjacent to an activating group) is 1. The molecule has 4 amide bonds. The highest BCUT2D eigenvalue weighted by molar-refractivity contribution is 5.97. The third-order valence-corrected chi connectivity index (χ3v) is 5.73. The summed E-state index contributed by atoms with van der Waals surface area (Å²) in [7, 11) is 1.83. The van der Waals surface area contributed by atoms with Crippen LogP contribution in [0.15, 0.2) is 24.3 Å². The molecule has 0 radical (unpaired) electrons. The largest absolute Gasteiger partial charge is 0.341 e. The number of urea groups is 1. The number of carbonyl (C=O) groups is 3. The normalized spacial score (nSPS) is 25.7. The fraction of sp³-hybridized carbons (Fsp3) is 0.526. The van der Waals surface area contributed by atoms with E-state index in [0.717, 1.165) is 31.5 Å². The molecule has 4 aliphatic heterocycles. The molecule has 1 aromatic carbocycles. The molecule has 4 aliphatic rings. The summed E-state index contributed by atoms with van der Waals surface area (Å²) in [5.41, 5.74) is 1.49. The highest BCUT2D eigenvalue weighted by Crippen LogP contribution is 2.29. The summed E-state index contributed by atoms with van der Waals surface area (Å²) in [6.07, 6.45) is 3.25. The molecule has 0 aliphatic carbocycles. The van der Waals surface area contributed by atoms with E-state index in [4.69, 9.17) is 0 Å². The molecule has 4 heterocycles. The second-order valence-electron chi connectivity index (χ2n) is 7.41. The molecule has 5 rings (SSSR count). The maximum absolute atomic E-state index is 12.8. The maximum Gasteiger partial charge on any atom is 0.321 e. The molecular weight excluding hydrogens is 332 g/mol. The summed E-state index contributed by atoms with van der Waals surface area (Å²) in [5, 5.41) is 2.94. The summed E-state index contributed by atoms with van der Waals surface area (Å²) in [4.78, 5) is 42.3. The van der Waals surface area contributed by atoms with Crippen LogP contribution in [-0.4, -0.2) is 60.4 Å². The van der Waals surface area contributed by atoms with Gasteiger partial charge in [-0.15, -0.1) is 0 Å². The second-order valence-corrected chi connectivity index (χ2v) is 7.41. The van der Waals surface area contributed by atoms with Gasteiger partial charge in [0, 0.05) is 50.5 Å². The fourth-order valence-corrected chi connectivity index (χ4v) is 4.20. The number of nitrogens with zero attached hydrogens (tertiary/aromatic N) is 3. The van der Waals surface area contributed by atoms with Crippen molar-refractivity contribution in [2.45, 2.75) is 31.7 Å². The lowest BCUT2D eigenvalue weighted by atomic mass is 9.95. The molecule has 0 spiro atoms. The number of rotatable bonds is 2. The number of carbonyl (C=O) groups excluding carboxylic acids is 3. The zero-order valence-electron chi connectivity index (χ0n) is 15.0. The van der Waals surface area contributed by atoms with Gasteiger partial charge in [0.15, 0.2) is 0 Å². The average Bonchev–Trinajstić information content (AvgIpc) is 2.88. The van der Waals surface area contributed by atoms with E-state index < -0.39 is 0 Å². The number of anilines is 2. The van der Waals surface area contributed by atoms with Crippen LogP contribution in [0.25, 0.3) is 0 Å². The number of amides is 4. The Morgan fingerprint density at radius 1 is 1.19 bits per heavy atom. The lowest BCUT2D eigenvalue weighted by Crippen LogP contribution is -2.45. The molecule has 26 heavy (non-hydrogen) atoms. The minimum atomic E-state index is -0.185. The highest BCUT2D eigenvalue weighted by atomic mass is 16.2. The summed E-state index contributed by atoms with van der Waals surface area (Å²) < 4.78 is 0. The standard InChI is InChI=1S/C19H24N4O3/c1-21-16-8-7-13(18(21)25)11-22(12-16)19(26)20-14-4-2-5-15(10-14)23-9-3-6-17(23)24/h2,4-5,10,13,16H,3,6-9,11-12H2,1H3,(H,20,26)/t13-,16+/m1/s1. The molecule has 1 N–H and O–H groups in total. The smallest absolute Gasteiger partial charge is 0.321 e. The summed E-state index contributed by atoms with van der Waals surface area (Å²) in [5.74, 6) is 0.170. The minimum Gasteiger partial charge on any atom is -0.341 e. The van der Waals surface area contributed by atoms with E-state index in [-0.39, 0.29) is 29.8 Å². The lowest BCUT2D eigenvalue weighted by Gasteiger charge is -2.32. The van der Waals surface area contributed by atoms with Gasteiger partial charge in [-0.1, -0.05) is 6.07 Å². The van der Waals surface area contributed by atoms with Gasteiger partial charge in [0.25, 0.3) is 0 Å². The van der Waals surface area contributed by atoms with Crippen molar-refractivity contribution in [3.63, 3.8) is 0 Å². The first-order valence-electron chi connectivity index (χ1n) is 9.26.